The highest BCUT2D eigenvalue weighted by molar-refractivity contribution is 5.92. The van der Waals surface area contributed by atoms with E-state index in [0.29, 0.717) is 17.6 Å². The highest BCUT2D eigenvalue weighted by Crippen LogP contribution is 2.17. The molecule has 6 heteroatoms. The van der Waals surface area contributed by atoms with Gasteiger partial charge in [-0.1, -0.05) is 6.92 Å². The van der Waals surface area contributed by atoms with Crippen molar-refractivity contribution in [2.24, 2.45) is 5.92 Å². The molecule has 2 rings (SSSR count). The molecule has 1 aliphatic rings. The average molecular weight is 305 g/mol. The van der Waals surface area contributed by atoms with Crippen LogP contribution in [-0.2, 0) is 0 Å². The lowest BCUT2D eigenvalue weighted by Crippen LogP contribution is -2.38. The summed E-state index contributed by atoms with van der Waals surface area (Å²) in [6.45, 7) is 5.71. The fourth-order valence-electron chi connectivity index (χ4n) is 2.53. The maximum absolute atomic E-state index is 12.5. The molecule has 1 amide bonds. The number of amides is 1. The molecule has 1 aromatic heterocycles. The Morgan fingerprint density at radius 2 is 2.14 bits per heavy atom. The number of aromatic nitrogens is 2. The zero-order valence-electron chi connectivity index (χ0n) is 13.9. The number of likely N-dealkylation sites (tertiary alicyclic amines) is 1. The number of hydrogen-bond acceptors (Lipinski definition) is 5. The number of carbonyl (C=O) groups is 1. The molecular weight excluding hydrogens is 278 g/mol. The zero-order chi connectivity index (χ0) is 15.9. The summed E-state index contributed by atoms with van der Waals surface area (Å²) in [5.74, 6) is 1.27. The van der Waals surface area contributed by atoms with Crippen LogP contribution < -0.4 is 5.32 Å². The Morgan fingerprint density at radius 3 is 2.82 bits per heavy atom. The van der Waals surface area contributed by atoms with Crippen molar-refractivity contribution >= 4 is 11.9 Å². The molecule has 1 fully saturated rings. The molecule has 1 aliphatic heterocycles. The summed E-state index contributed by atoms with van der Waals surface area (Å²) in [5, 5.41) is 3.19. The Morgan fingerprint density at radius 1 is 1.41 bits per heavy atom. The van der Waals surface area contributed by atoms with Gasteiger partial charge in [0.25, 0.3) is 5.91 Å². The van der Waals surface area contributed by atoms with E-state index in [0.717, 1.165) is 45.4 Å². The summed E-state index contributed by atoms with van der Waals surface area (Å²) < 4.78 is 0. The molecule has 22 heavy (non-hydrogen) atoms. The molecule has 0 spiro atoms. The van der Waals surface area contributed by atoms with Gasteiger partial charge in [-0.15, -0.1) is 0 Å². The average Bonchev–Trinajstić information content (AvgIpc) is 2.52. The molecule has 0 saturated carbocycles. The van der Waals surface area contributed by atoms with Crippen molar-refractivity contribution < 1.29 is 4.79 Å². The standard InChI is InChI=1S/C16H27N5O/c1-13-6-11-21(12-7-13)15(22)14-5-9-18-16(19-14)17-8-4-10-20(2)3/h5,9,13H,4,6-8,10-12H2,1-3H3,(H,17,18,19). The maximum atomic E-state index is 12.5. The van der Waals surface area contributed by atoms with Crippen molar-refractivity contribution in [2.45, 2.75) is 26.2 Å². The van der Waals surface area contributed by atoms with Crippen molar-refractivity contribution in [3.8, 4) is 0 Å². The van der Waals surface area contributed by atoms with Crippen LogP contribution in [0.2, 0.25) is 0 Å². The number of nitrogens with zero attached hydrogens (tertiary/aromatic N) is 4. The highest BCUT2D eigenvalue weighted by atomic mass is 16.2. The molecule has 122 valence electrons. The number of anilines is 1. The molecular formula is C16H27N5O. The normalized spacial score (nSPS) is 16.1. The summed E-state index contributed by atoms with van der Waals surface area (Å²) in [5.41, 5.74) is 0.486. The van der Waals surface area contributed by atoms with E-state index in [-0.39, 0.29) is 5.91 Å². The number of hydrogen-bond donors (Lipinski definition) is 1. The van der Waals surface area contributed by atoms with Gasteiger partial charge in [-0.25, -0.2) is 9.97 Å². The first-order valence-corrected chi connectivity index (χ1v) is 8.07. The molecule has 1 saturated heterocycles. The van der Waals surface area contributed by atoms with Gasteiger partial charge < -0.3 is 15.1 Å². The smallest absolute Gasteiger partial charge is 0.272 e. The molecule has 0 radical (unpaired) electrons. The monoisotopic (exact) mass is 305 g/mol. The lowest BCUT2D eigenvalue weighted by Gasteiger charge is -2.30. The second-order valence-electron chi connectivity index (χ2n) is 6.32. The topological polar surface area (TPSA) is 61.4 Å². The summed E-state index contributed by atoms with van der Waals surface area (Å²) in [4.78, 5) is 25.1. The van der Waals surface area contributed by atoms with E-state index in [9.17, 15) is 4.79 Å². The third-order valence-electron chi connectivity index (χ3n) is 4.01. The quantitative estimate of drug-likeness (QED) is 0.811. The van der Waals surface area contributed by atoms with Gasteiger partial charge in [0.2, 0.25) is 5.95 Å². The zero-order valence-corrected chi connectivity index (χ0v) is 13.9. The molecule has 0 bridgehead atoms. The molecule has 0 unspecified atom stereocenters. The van der Waals surface area contributed by atoms with Crippen LogP contribution in [0.1, 0.15) is 36.7 Å². The van der Waals surface area contributed by atoms with Crippen LogP contribution in [0.4, 0.5) is 5.95 Å². The van der Waals surface area contributed by atoms with Crippen molar-refractivity contribution in [3.63, 3.8) is 0 Å². The van der Waals surface area contributed by atoms with Crippen LogP contribution in [-0.4, -0.2) is 65.9 Å². The van der Waals surface area contributed by atoms with Crippen LogP contribution in [0.5, 0.6) is 0 Å². The first-order valence-electron chi connectivity index (χ1n) is 8.07. The van der Waals surface area contributed by atoms with E-state index in [4.69, 9.17) is 0 Å². The molecule has 1 N–H and O–H groups in total. The number of nitrogens with one attached hydrogen (secondary N) is 1. The predicted octanol–water partition coefficient (Wildman–Crippen LogP) is 1.71. The number of piperidine rings is 1. The van der Waals surface area contributed by atoms with Crippen molar-refractivity contribution in [1.82, 2.24) is 19.8 Å². The molecule has 0 aliphatic carbocycles. The maximum Gasteiger partial charge on any atom is 0.272 e. The molecule has 0 aromatic carbocycles. The van der Waals surface area contributed by atoms with Gasteiger partial charge in [-0.2, -0.15) is 0 Å². The Hall–Kier alpha value is -1.69. The van der Waals surface area contributed by atoms with Gasteiger partial charge in [-0.05, 0) is 51.9 Å². The van der Waals surface area contributed by atoms with Crippen LogP contribution in [0.15, 0.2) is 12.3 Å². The summed E-state index contributed by atoms with van der Waals surface area (Å²) in [7, 11) is 4.10. The van der Waals surface area contributed by atoms with Crippen LogP contribution >= 0.6 is 0 Å². The second kappa shape index (κ2) is 8.08. The fourth-order valence-corrected chi connectivity index (χ4v) is 2.53. The van der Waals surface area contributed by atoms with Gasteiger partial charge in [-0.3, -0.25) is 4.79 Å². The van der Waals surface area contributed by atoms with E-state index >= 15 is 0 Å². The molecule has 0 atom stereocenters. The first-order chi connectivity index (χ1) is 10.6. The lowest BCUT2D eigenvalue weighted by molar-refractivity contribution is 0.0691. The summed E-state index contributed by atoms with van der Waals surface area (Å²) >= 11 is 0. The van der Waals surface area contributed by atoms with Crippen molar-refractivity contribution in [2.75, 3.05) is 45.6 Å². The second-order valence-corrected chi connectivity index (χ2v) is 6.32. The molecule has 1 aromatic rings. The minimum Gasteiger partial charge on any atom is -0.354 e. The van der Waals surface area contributed by atoms with Gasteiger partial charge >= 0.3 is 0 Å². The minimum atomic E-state index is 0.0191. The Kier molecular flexibility index (Phi) is 6.12. The molecule has 2 heterocycles. The Bertz CT molecular complexity index is 483. The van der Waals surface area contributed by atoms with Gasteiger partial charge in [0.15, 0.2) is 0 Å². The van der Waals surface area contributed by atoms with E-state index in [1.807, 2.05) is 4.90 Å². The van der Waals surface area contributed by atoms with Gasteiger partial charge in [0.1, 0.15) is 5.69 Å². The van der Waals surface area contributed by atoms with Crippen LogP contribution in [0, 0.1) is 5.92 Å². The lowest BCUT2D eigenvalue weighted by atomic mass is 9.99. The Balaban J connectivity index is 1.88. The minimum absolute atomic E-state index is 0.0191. The van der Waals surface area contributed by atoms with Crippen molar-refractivity contribution in [3.05, 3.63) is 18.0 Å². The molecule has 6 nitrogen and oxygen atoms in total. The van der Waals surface area contributed by atoms with Crippen LogP contribution in [0.3, 0.4) is 0 Å². The van der Waals surface area contributed by atoms with Gasteiger partial charge in [0.05, 0.1) is 0 Å². The fraction of sp³-hybridized carbons (Fsp3) is 0.688. The third-order valence-corrected chi connectivity index (χ3v) is 4.01. The van der Waals surface area contributed by atoms with E-state index in [1.54, 1.807) is 12.3 Å². The summed E-state index contributed by atoms with van der Waals surface area (Å²) in [6, 6.07) is 1.70. The largest absolute Gasteiger partial charge is 0.354 e. The Labute approximate surface area is 132 Å². The van der Waals surface area contributed by atoms with Crippen LogP contribution in [0.25, 0.3) is 0 Å². The third kappa shape index (κ3) is 4.94. The van der Waals surface area contributed by atoms with E-state index < -0.39 is 0 Å². The SMILES string of the molecule is CC1CCN(C(=O)c2ccnc(NCCCN(C)C)n2)CC1. The number of carbonyl (C=O) groups excluding carboxylic acids is 1. The van der Waals surface area contributed by atoms with Gasteiger partial charge in [0, 0.05) is 25.8 Å². The number of rotatable bonds is 6. The first kappa shape index (κ1) is 16.7. The highest BCUT2D eigenvalue weighted by Gasteiger charge is 2.22. The predicted molar refractivity (Wildman–Crippen MR) is 88.0 cm³/mol. The van der Waals surface area contributed by atoms with E-state index in [2.05, 4.69) is 41.2 Å². The summed E-state index contributed by atoms with van der Waals surface area (Å²) in [6.07, 6.45) is 4.82. The van der Waals surface area contributed by atoms with Crippen molar-refractivity contribution in [1.29, 1.82) is 0 Å². The van der Waals surface area contributed by atoms with E-state index in [1.165, 1.54) is 0 Å².